The van der Waals surface area contributed by atoms with Gasteiger partial charge in [0.2, 0.25) is 11.8 Å². The summed E-state index contributed by atoms with van der Waals surface area (Å²) in [6, 6.07) is 7.99. The Morgan fingerprint density at radius 2 is 1.72 bits per heavy atom. The van der Waals surface area contributed by atoms with E-state index in [0.717, 1.165) is 24.9 Å². The highest BCUT2D eigenvalue weighted by Gasteiger charge is 2.42. The molecule has 136 valence electrons. The zero-order valence-electron chi connectivity index (χ0n) is 16.6. The zero-order valence-corrected chi connectivity index (χ0v) is 16.6. The Labute approximate surface area is 153 Å². The molecular weight excluding hydrogens is 309 g/mol. The van der Waals surface area contributed by atoms with E-state index < -0.39 is 0 Å². The van der Waals surface area contributed by atoms with Crippen LogP contribution in [0.25, 0.3) is 0 Å². The Kier molecular flexibility index (Phi) is 6.13. The van der Waals surface area contributed by atoms with Crippen LogP contribution in [0.3, 0.4) is 0 Å². The molecule has 0 bridgehead atoms. The quantitative estimate of drug-likeness (QED) is 0.547. The first kappa shape index (κ1) is 19.7. The van der Waals surface area contributed by atoms with Gasteiger partial charge < -0.3 is 0 Å². The number of nitrogens with zero attached hydrogens (tertiary/aromatic N) is 1. The number of amides is 2. The lowest BCUT2D eigenvalue weighted by Crippen LogP contribution is -2.32. The van der Waals surface area contributed by atoms with Crippen molar-refractivity contribution in [2.45, 2.75) is 71.5 Å². The summed E-state index contributed by atoms with van der Waals surface area (Å²) in [4.78, 5) is 26.6. The molecule has 2 atom stereocenters. The van der Waals surface area contributed by atoms with Crippen molar-refractivity contribution in [2.75, 3.05) is 4.90 Å². The van der Waals surface area contributed by atoms with E-state index in [0.29, 0.717) is 18.3 Å². The summed E-state index contributed by atoms with van der Waals surface area (Å²) in [7, 11) is 2.25. The molecule has 3 nitrogen and oxygen atoms in total. The number of benzene rings is 1. The van der Waals surface area contributed by atoms with Gasteiger partial charge in [0.1, 0.15) is 7.85 Å². The van der Waals surface area contributed by atoms with Gasteiger partial charge in [-0.3, -0.25) is 14.5 Å². The number of carbonyl (C=O) groups is 2. The first-order valence-corrected chi connectivity index (χ1v) is 9.64. The first-order chi connectivity index (χ1) is 11.7. The predicted molar refractivity (Wildman–Crippen MR) is 107 cm³/mol. The molecule has 2 rings (SSSR count). The summed E-state index contributed by atoms with van der Waals surface area (Å²) in [5.74, 6) is 0.525. The van der Waals surface area contributed by atoms with E-state index >= 15 is 0 Å². The van der Waals surface area contributed by atoms with Crippen molar-refractivity contribution in [3.8, 4) is 0 Å². The van der Waals surface area contributed by atoms with Gasteiger partial charge in [0, 0.05) is 6.42 Å². The molecule has 1 aliphatic rings. The van der Waals surface area contributed by atoms with Crippen LogP contribution in [0.5, 0.6) is 0 Å². The number of hydrogen-bond donors (Lipinski definition) is 0. The van der Waals surface area contributed by atoms with Crippen LogP contribution in [0.1, 0.15) is 71.8 Å². The van der Waals surface area contributed by atoms with Gasteiger partial charge in [-0.15, -0.1) is 0 Å². The third-order valence-corrected chi connectivity index (χ3v) is 5.44. The molecule has 2 amide bonds. The Morgan fingerprint density at radius 3 is 2.20 bits per heavy atom. The molecule has 2 unspecified atom stereocenters. The lowest BCUT2D eigenvalue weighted by atomic mass is 9.66. The lowest BCUT2D eigenvalue weighted by Gasteiger charge is -2.24. The second-order valence-electron chi connectivity index (χ2n) is 8.71. The first-order valence-electron chi connectivity index (χ1n) is 9.64. The number of anilines is 1. The van der Waals surface area contributed by atoms with E-state index in [-0.39, 0.29) is 23.0 Å². The SMILES string of the molecule is BC(C)(C)CC(C)c1ccc(N2C(=O)CC(C(CC)CC)C2=O)cc1. The van der Waals surface area contributed by atoms with E-state index in [1.165, 1.54) is 10.5 Å². The van der Waals surface area contributed by atoms with Gasteiger partial charge in [-0.25, -0.2) is 0 Å². The third-order valence-electron chi connectivity index (χ3n) is 5.44. The lowest BCUT2D eigenvalue weighted by molar-refractivity contribution is -0.123. The van der Waals surface area contributed by atoms with Crippen LogP contribution in [0, 0.1) is 11.8 Å². The average Bonchev–Trinajstić information content (AvgIpc) is 2.82. The molecule has 1 aromatic rings. The summed E-state index contributed by atoms with van der Waals surface area (Å²) < 4.78 is 0. The maximum absolute atomic E-state index is 12.8. The molecule has 0 aromatic heterocycles. The van der Waals surface area contributed by atoms with Crippen molar-refractivity contribution in [1.29, 1.82) is 0 Å². The molecule has 4 heteroatoms. The minimum absolute atomic E-state index is 0.0193. The van der Waals surface area contributed by atoms with E-state index in [2.05, 4.69) is 54.6 Å². The van der Waals surface area contributed by atoms with Gasteiger partial charge in [-0.05, 0) is 36.0 Å². The maximum atomic E-state index is 12.8. The number of rotatable bonds is 7. The molecule has 0 spiro atoms. The van der Waals surface area contributed by atoms with Gasteiger partial charge in [-0.2, -0.15) is 0 Å². The van der Waals surface area contributed by atoms with Crippen molar-refractivity contribution in [1.82, 2.24) is 0 Å². The van der Waals surface area contributed by atoms with Crippen LogP contribution in [-0.4, -0.2) is 19.7 Å². The number of hydrogen-bond acceptors (Lipinski definition) is 2. The van der Waals surface area contributed by atoms with Crippen molar-refractivity contribution >= 4 is 25.3 Å². The van der Waals surface area contributed by atoms with Crippen LogP contribution in [-0.2, 0) is 9.59 Å². The fraction of sp³-hybridized carbons (Fsp3) is 0.619. The van der Waals surface area contributed by atoms with Gasteiger partial charge in [0.05, 0.1) is 11.6 Å². The van der Waals surface area contributed by atoms with Crippen LogP contribution in [0.15, 0.2) is 24.3 Å². The smallest absolute Gasteiger partial charge is 0.237 e. The van der Waals surface area contributed by atoms with Crippen LogP contribution >= 0.6 is 0 Å². The van der Waals surface area contributed by atoms with Gasteiger partial charge in [0.25, 0.3) is 0 Å². The molecule has 1 saturated heterocycles. The largest absolute Gasteiger partial charge is 0.274 e. The van der Waals surface area contributed by atoms with E-state index in [1.807, 2.05) is 12.1 Å². The predicted octanol–water partition coefficient (Wildman–Crippen LogP) is 4.33. The van der Waals surface area contributed by atoms with Crippen LogP contribution in [0.2, 0.25) is 5.31 Å². The minimum atomic E-state index is -0.151. The standard InChI is InChI=1S/C21H32BNO2/c1-6-15(7-2)18-12-19(24)23(20(18)25)17-10-8-16(9-11-17)14(3)13-21(4,5)22/h8-11,14-15,18H,6-7,12-13,22H2,1-5H3. The Hall–Kier alpha value is -1.58. The molecule has 0 radical (unpaired) electrons. The average molecular weight is 341 g/mol. The molecule has 1 aromatic carbocycles. The summed E-state index contributed by atoms with van der Waals surface area (Å²) in [5, 5.41) is 0.279. The van der Waals surface area contributed by atoms with Crippen molar-refractivity contribution < 1.29 is 9.59 Å². The van der Waals surface area contributed by atoms with E-state index in [4.69, 9.17) is 0 Å². The summed E-state index contributed by atoms with van der Waals surface area (Å²) in [6.07, 6.45) is 3.34. The Bertz CT molecular complexity index is 614. The molecule has 1 fully saturated rings. The zero-order chi connectivity index (χ0) is 18.8. The third kappa shape index (κ3) is 4.53. The second-order valence-corrected chi connectivity index (χ2v) is 8.71. The Morgan fingerprint density at radius 1 is 1.16 bits per heavy atom. The summed E-state index contributed by atoms with van der Waals surface area (Å²) >= 11 is 0. The van der Waals surface area contributed by atoms with Crippen molar-refractivity contribution in [3.05, 3.63) is 29.8 Å². The number of imide groups is 1. The monoisotopic (exact) mass is 341 g/mol. The Balaban J connectivity index is 2.16. The molecule has 0 aliphatic carbocycles. The van der Waals surface area contributed by atoms with Crippen molar-refractivity contribution in [3.63, 3.8) is 0 Å². The van der Waals surface area contributed by atoms with Crippen molar-refractivity contribution in [2.24, 2.45) is 11.8 Å². The molecule has 0 saturated carbocycles. The fourth-order valence-corrected chi connectivity index (χ4v) is 4.14. The van der Waals surface area contributed by atoms with Gasteiger partial charge >= 0.3 is 0 Å². The van der Waals surface area contributed by atoms with Crippen LogP contribution in [0.4, 0.5) is 5.69 Å². The summed E-state index contributed by atoms with van der Waals surface area (Å²) in [5.41, 5.74) is 1.98. The molecule has 0 N–H and O–H groups in total. The van der Waals surface area contributed by atoms with Gasteiger partial charge in [0.15, 0.2) is 0 Å². The highest BCUT2D eigenvalue weighted by atomic mass is 16.2. The second kappa shape index (κ2) is 7.76. The van der Waals surface area contributed by atoms with Crippen LogP contribution < -0.4 is 4.90 Å². The fourth-order valence-electron chi connectivity index (χ4n) is 4.14. The molecule has 1 aliphatic heterocycles. The number of carbonyl (C=O) groups excluding carboxylic acids is 2. The topological polar surface area (TPSA) is 37.4 Å². The molecule has 1 heterocycles. The minimum Gasteiger partial charge on any atom is -0.274 e. The highest BCUT2D eigenvalue weighted by molar-refractivity contribution is 6.21. The molecular formula is C21H32BNO2. The van der Waals surface area contributed by atoms with Gasteiger partial charge in [-0.1, -0.05) is 64.9 Å². The molecule has 25 heavy (non-hydrogen) atoms. The summed E-state index contributed by atoms with van der Waals surface area (Å²) in [6.45, 7) is 10.9. The van der Waals surface area contributed by atoms with E-state index in [1.54, 1.807) is 0 Å². The normalized spacial score (nSPS) is 19.8. The van der Waals surface area contributed by atoms with E-state index in [9.17, 15) is 9.59 Å². The highest BCUT2D eigenvalue weighted by Crippen LogP contribution is 2.36. The maximum Gasteiger partial charge on any atom is 0.237 e.